The van der Waals surface area contributed by atoms with E-state index >= 15 is 0 Å². The summed E-state index contributed by atoms with van der Waals surface area (Å²) < 4.78 is 5.91. The smallest absolute Gasteiger partial charge is 0.306 e. The third-order valence-electron chi connectivity index (χ3n) is 11.0. The average Bonchev–Trinajstić information content (AvgIpc) is 3.24. The molecule has 0 aliphatic carbocycles. The Bertz CT molecular complexity index is 1120. The van der Waals surface area contributed by atoms with Crippen LogP contribution in [-0.4, -0.2) is 46.9 Å². The Hall–Kier alpha value is -2.70. The van der Waals surface area contributed by atoms with E-state index in [9.17, 15) is 19.8 Å². The number of hydrogen-bond donors (Lipinski definition) is 3. The molecule has 6 heteroatoms. The van der Waals surface area contributed by atoms with E-state index in [1.165, 1.54) is 89.9 Å². The van der Waals surface area contributed by atoms with Crippen LogP contribution in [0.4, 0.5) is 0 Å². The molecule has 0 heterocycles. The van der Waals surface area contributed by atoms with Crippen LogP contribution in [0.15, 0.2) is 72.9 Å². The number of esters is 1. The second kappa shape index (κ2) is 47.4. The fourth-order valence-electron chi connectivity index (χ4n) is 7.21. The quantitative estimate of drug-likeness (QED) is 0.0323. The van der Waals surface area contributed by atoms with E-state index in [-0.39, 0.29) is 24.9 Å². The number of amides is 1. The lowest BCUT2D eigenvalue weighted by atomic mass is 10.0. The number of carbonyl (C=O) groups is 2. The molecular weight excluding hydrogens is 743 g/mol. The first-order chi connectivity index (χ1) is 29.5. The van der Waals surface area contributed by atoms with Crippen molar-refractivity contribution >= 4 is 11.9 Å². The van der Waals surface area contributed by atoms with Crippen LogP contribution in [0.2, 0.25) is 0 Å². The first-order valence-electron chi connectivity index (χ1n) is 25.2. The van der Waals surface area contributed by atoms with Crippen molar-refractivity contribution in [2.24, 2.45) is 0 Å². The molecule has 0 aliphatic heterocycles. The normalized spacial score (nSPS) is 13.9. The van der Waals surface area contributed by atoms with Gasteiger partial charge in [-0.2, -0.15) is 0 Å². The molecule has 0 aromatic rings. The van der Waals surface area contributed by atoms with Crippen LogP contribution < -0.4 is 5.32 Å². The summed E-state index contributed by atoms with van der Waals surface area (Å²) in [5, 5.41) is 23.7. The number of ether oxygens (including phenoxy) is 1. The van der Waals surface area contributed by atoms with E-state index in [2.05, 4.69) is 99.0 Å². The highest BCUT2D eigenvalue weighted by Crippen LogP contribution is 2.17. The van der Waals surface area contributed by atoms with Gasteiger partial charge in [0.25, 0.3) is 0 Å². The molecule has 60 heavy (non-hydrogen) atoms. The average molecular weight is 838 g/mol. The summed E-state index contributed by atoms with van der Waals surface area (Å²) in [5.41, 5.74) is 0. The topological polar surface area (TPSA) is 95.9 Å². The van der Waals surface area contributed by atoms with Gasteiger partial charge in [-0.1, -0.05) is 196 Å². The van der Waals surface area contributed by atoms with Crippen molar-refractivity contribution in [3.8, 4) is 0 Å². The molecule has 0 aliphatic rings. The molecule has 0 aromatic heterocycles. The summed E-state index contributed by atoms with van der Waals surface area (Å²) in [5.74, 6) is -0.529. The maximum absolute atomic E-state index is 13.2. The largest absolute Gasteiger partial charge is 0.462 e. The van der Waals surface area contributed by atoms with Crippen LogP contribution in [0.25, 0.3) is 0 Å². The summed E-state index contributed by atoms with van der Waals surface area (Å²) in [6, 6.07) is -0.718. The summed E-state index contributed by atoms with van der Waals surface area (Å²) in [6.07, 6.45) is 59.6. The minimum Gasteiger partial charge on any atom is -0.462 e. The van der Waals surface area contributed by atoms with Crippen LogP contribution >= 0.6 is 0 Å². The summed E-state index contributed by atoms with van der Waals surface area (Å²) in [6.45, 7) is 6.31. The minimum atomic E-state index is -0.801. The Balaban J connectivity index is 4.69. The molecule has 6 nitrogen and oxygen atoms in total. The first kappa shape index (κ1) is 57.3. The molecule has 3 unspecified atom stereocenters. The monoisotopic (exact) mass is 838 g/mol. The summed E-state index contributed by atoms with van der Waals surface area (Å²) >= 11 is 0. The fraction of sp³-hybridized carbons (Fsp3) is 0.741. The summed E-state index contributed by atoms with van der Waals surface area (Å²) in [4.78, 5) is 26.1. The Kier molecular flexibility index (Phi) is 45.2. The van der Waals surface area contributed by atoms with E-state index in [1.807, 2.05) is 0 Å². The highest BCUT2D eigenvalue weighted by molar-refractivity contribution is 5.77. The molecule has 0 rings (SSSR count). The Labute approximate surface area is 371 Å². The zero-order valence-electron chi connectivity index (χ0n) is 39.3. The first-order valence-corrected chi connectivity index (χ1v) is 25.2. The Morgan fingerprint density at radius 2 is 0.900 bits per heavy atom. The van der Waals surface area contributed by atoms with Crippen molar-refractivity contribution in [1.29, 1.82) is 0 Å². The van der Waals surface area contributed by atoms with Crippen molar-refractivity contribution in [2.45, 2.75) is 251 Å². The maximum Gasteiger partial charge on any atom is 0.306 e. The molecule has 0 fully saturated rings. The number of carbonyl (C=O) groups excluding carboxylic acids is 2. The predicted octanol–water partition coefficient (Wildman–Crippen LogP) is 15.0. The van der Waals surface area contributed by atoms with Gasteiger partial charge in [-0.25, -0.2) is 0 Å². The zero-order chi connectivity index (χ0) is 43.8. The van der Waals surface area contributed by atoms with Crippen LogP contribution in [-0.2, 0) is 14.3 Å². The number of hydrogen-bond acceptors (Lipinski definition) is 5. The molecular formula is C54H95NO5. The number of aliphatic hydroxyl groups excluding tert-OH is 2. The van der Waals surface area contributed by atoms with Gasteiger partial charge in [0.2, 0.25) is 5.91 Å². The Morgan fingerprint density at radius 1 is 0.500 bits per heavy atom. The number of aliphatic hydroxyl groups is 2. The predicted molar refractivity (Wildman–Crippen MR) is 259 cm³/mol. The molecule has 0 radical (unpaired) electrons. The Morgan fingerprint density at radius 3 is 1.42 bits per heavy atom. The lowest BCUT2D eigenvalue weighted by molar-refractivity contribution is -0.151. The molecule has 0 saturated carbocycles. The van der Waals surface area contributed by atoms with Gasteiger partial charge in [-0.05, 0) is 96.3 Å². The number of nitrogens with one attached hydrogen (secondary N) is 1. The molecule has 0 aromatic carbocycles. The minimum absolute atomic E-state index is 0.0436. The van der Waals surface area contributed by atoms with E-state index in [0.29, 0.717) is 19.3 Å². The molecule has 0 saturated heterocycles. The lowest BCUT2D eigenvalue weighted by Gasteiger charge is -2.24. The zero-order valence-corrected chi connectivity index (χ0v) is 39.3. The van der Waals surface area contributed by atoms with Gasteiger partial charge in [0.05, 0.1) is 25.2 Å². The third kappa shape index (κ3) is 42.0. The van der Waals surface area contributed by atoms with Crippen LogP contribution in [0.3, 0.4) is 0 Å². The number of rotatable bonds is 44. The van der Waals surface area contributed by atoms with Crippen molar-refractivity contribution in [2.75, 3.05) is 6.61 Å². The van der Waals surface area contributed by atoms with Gasteiger partial charge >= 0.3 is 5.97 Å². The van der Waals surface area contributed by atoms with Gasteiger partial charge < -0.3 is 20.3 Å². The van der Waals surface area contributed by atoms with Gasteiger partial charge in [-0.15, -0.1) is 0 Å². The van der Waals surface area contributed by atoms with Gasteiger partial charge in [0.1, 0.15) is 6.10 Å². The third-order valence-corrected chi connectivity index (χ3v) is 11.0. The lowest BCUT2D eigenvalue weighted by Crippen LogP contribution is -2.46. The summed E-state index contributed by atoms with van der Waals surface area (Å²) in [7, 11) is 0. The second-order valence-electron chi connectivity index (χ2n) is 16.8. The maximum atomic E-state index is 13.2. The van der Waals surface area contributed by atoms with Crippen molar-refractivity contribution < 1.29 is 24.5 Å². The molecule has 346 valence electrons. The highest BCUT2D eigenvalue weighted by Gasteiger charge is 2.24. The van der Waals surface area contributed by atoms with Crippen LogP contribution in [0, 0.1) is 0 Å². The SMILES string of the molecule is CC/C=C/C/C=C/C/C=C/CCCCCCCCC(=O)OC(CCCC/C=C\C/C=C\C/C=C\CCCCC)CC(=O)NC(CO)C(O)CCCCCCCCCCCC. The number of unbranched alkanes of at least 4 members (excludes halogenated alkanes) is 20. The van der Waals surface area contributed by atoms with E-state index < -0.39 is 18.2 Å². The van der Waals surface area contributed by atoms with Gasteiger partial charge in [0.15, 0.2) is 0 Å². The fourth-order valence-corrected chi connectivity index (χ4v) is 7.21. The number of allylic oxidation sites excluding steroid dienone is 12. The van der Waals surface area contributed by atoms with Crippen LogP contribution in [0.1, 0.15) is 233 Å². The highest BCUT2D eigenvalue weighted by atomic mass is 16.5. The molecule has 1 amide bonds. The second-order valence-corrected chi connectivity index (χ2v) is 16.8. The standard InChI is InChI=1S/C54H95NO5/c1-4-7-10-13-16-19-22-24-26-28-30-32-35-38-41-44-47-54(59)60-50(45-42-39-36-33-31-29-27-25-23-20-17-14-11-8-5-2)48-53(58)55-51(49-56)52(57)46-43-40-37-34-21-18-15-12-9-6-3/h7,10,16-17,19-20,24-27,31,33,50-52,56-57H,4-6,8-9,11-15,18,21-23,28-30,32,34-49H2,1-3H3,(H,55,58)/b10-7+,19-16+,20-17-,26-24+,27-25-,33-31-. The van der Waals surface area contributed by atoms with Crippen LogP contribution in [0.5, 0.6) is 0 Å². The molecule has 0 bridgehead atoms. The molecule has 0 spiro atoms. The van der Waals surface area contributed by atoms with E-state index in [1.54, 1.807) is 0 Å². The van der Waals surface area contributed by atoms with E-state index in [0.717, 1.165) is 96.3 Å². The van der Waals surface area contributed by atoms with Crippen molar-refractivity contribution in [3.05, 3.63) is 72.9 Å². The van der Waals surface area contributed by atoms with Gasteiger partial charge in [0, 0.05) is 6.42 Å². The van der Waals surface area contributed by atoms with Crippen molar-refractivity contribution in [3.63, 3.8) is 0 Å². The molecule has 3 atom stereocenters. The van der Waals surface area contributed by atoms with Gasteiger partial charge in [-0.3, -0.25) is 9.59 Å². The van der Waals surface area contributed by atoms with Crippen molar-refractivity contribution in [1.82, 2.24) is 5.32 Å². The van der Waals surface area contributed by atoms with E-state index in [4.69, 9.17) is 4.74 Å². The molecule has 3 N–H and O–H groups in total.